The first-order valence-corrected chi connectivity index (χ1v) is 13.0. The van der Waals surface area contributed by atoms with Crippen molar-refractivity contribution in [3.63, 3.8) is 0 Å². The van der Waals surface area contributed by atoms with Gasteiger partial charge in [0.25, 0.3) is 0 Å². The van der Waals surface area contributed by atoms with Crippen LogP contribution in [0.1, 0.15) is 0 Å². The first-order valence-electron chi connectivity index (χ1n) is 13.0. The zero-order chi connectivity index (χ0) is 26.6. The number of aromatic nitrogens is 3. The number of rotatable bonds is 5. The SMILES string of the molecule is CN(C(=O)Nc1ccc(-c2ccc3ncc(N4CCN(c5ccncc5)CC4)nc3c2)cc1)c1ccccc1. The highest BCUT2D eigenvalue weighted by Crippen LogP contribution is 2.26. The van der Waals surface area contributed by atoms with Gasteiger partial charge in [0.1, 0.15) is 5.82 Å². The second-order valence-corrected chi connectivity index (χ2v) is 9.51. The van der Waals surface area contributed by atoms with Gasteiger partial charge in [-0.1, -0.05) is 36.4 Å². The van der Waals surface area contributed by atoms with Gasteiger partial charge in [-0.05, 0) is 59.7 Å². The molecule has 0 aliphatic carbocycles. The topological polar surface area (TPSA) is 77.5 Å². The van der Waals surface area contributed by atoms with E-state index in [9.17, 15) is 4.79 Å². The molecule has 0 atom stereocenters. The Hall–Kier alpha value is -4.98. The highest BCUT2D eigenvalue weighted by Gasteiger charge is 2.19. The zero-order valence-electron chi connectivity index (χ0n) is 21.7. The summed E-state index contributed by atoms with van der Waals surface area (Å²) < 4.78 is 0. The standard InChI is InChI=1S/C31H29N7O/c1-36(26-5-3-2-4-6-26)31(39)34-25-10-7-23(8-11-25)24-9-12-28-29(21-24)35-30(22-33-28)38-19-17-37(18-20-38)27-13-15-32-16-14-27/h2-16,21-22H,17-20H2,1H3,(H,34,39). The van der Waals surface area contributed by atoms with Gasteiger partial charge in [0.15, 0.2) is 0 Å². The van der Waals surface area contributed by atoms with E-state index < -0.39 is 0 Å². The second kappa shape index (κ2) is 10.8. The second-order valence-electron chi connectivity index (χ2n) is 9.51. The van der Waals surface area contributed by atoms with Crippen molar-refractivity contribution in [3.8, 4) is 11.1 Å². The summed E-state index contributed by atoms with van der Waals surface area (Å²) in [7, 11) is 1.75. The quantitative estimate of drug-likeness (QED) is 0.324. The average Bonchev–Trinajstić information content (AvgIpc) is 3.01. The highest BCUT2D eigenvalue weighted by atomic mass is 16.2. The number of pyridine rings is 1. The zero-order valence-corrected chi connectivity index (χ0v) is 21.7. The van der Waals surface area contributed by atoms with Crippen LogP contribution in [0.2, 0.25) is 0 Å². The minimum atomic E-state index is -0.191. The Bertz CT molecular complexity index is 1570. The molecule has 0 unspecified atom stereocenters. The molecule has 1 aliphatic heterocycles. The molecule has 0 bridgehead atoms. The largest absolute Gasteiger partial charge is 0.368 e. The summed E-state index contributed by atoms with van der Waals surface area (Å²) in [5.41, 5.74) is 6.60. The number of nitrogens with one attached hydrogen (secondary N) is 1. The van der Waals surface area contributed by atoms with Crippen molar-refractivity contribution in [2.75, 3.05) is 53.2 Å². The number of urea groups is 1. The van der Waals surface area contributed by atoms with Gasteiger partial charge in [-0.15, -0.1) is 0 Å². The van der Waals surface area contributed by atoms with Gasteiger partial charge in [-0.2, -0.15) is 0 Å². The maximum Gasteiger partial charge on any atom is 0.326 e. The predicted octanol–water partition coefficient (Wildman–Crippen LogP) is 5.69. The molecule has 0 spiro atoms. The van der Waals surface area contributed by atoms with E-state index in [2.05, 4.69) is 49.4 Å². The van der Waals surface area contributed by atoms with Gasteiger partial charge in [0, 0.05) is 62.7 Å². The lowest BCUT2D eigenvalue weighted by molar-refractivity contribution is 0.258. The van der Waals surface area contributed by atoms with Crippen molar-refractivity contribution in [1.82, 2.24) is 15.0 Å². The molecule has 2 aromatic heterocycles. The van der Waals surface area contributed by atoms with E-state index in [0.717, 1.165) is 65.5 Å². The van der Waals surface area contributed by atoms with E-state index in [1.807, 2.05) is 79.3 Å². The van der Waals surface area contributed by atoms with Crippen molar-refractivity contribution >= 4 is 39.9 Å². The van der Waals surface area contributed by atoms with Crippen LogP contribution >= 0.6 is 0 Å². The summed E-state index contributed by atoms with van der Waals surface area (Å²) in [6.07, 6.45) is 5.54. The molecule has 2 amide bonds. The molecule has 194 valence electrons. The number of fused-ring (bicyclic) bond motifs is 1. The number of para-hydroxylation sites is 1. The maximum atomic E-state index is 12.7. The molecule has 3 aromatic carbocycles. The number of anilines is 4. The van der Waals surface area contributed by atoms with Gasteiger partial charge in [-0.3, -0.25) is 14.9 Å². The van der Waals surface area contributed by atoms with E-state index in [4.69, 9.17) is 4.98 Å². The molecular formula is C31H29N7O. The molecule has 1 aliphatic rings. The molecule has 3 heterocycles. The van der Waals surface area contributed by atoms with E-state index in [-0.39, 0.29) is 6.03 Å². The van der Waals surface area contributed by atoms with Crippen molar-refractivity contribution in [2.24, 2.45) is 0 Å². The summed E-state index contributed by atoms with van der Waals surface area (Å²) >= 11 is 0. The van der Waals surface area contributed by atoms with Gasteiger partial charge in [0.2, 0.25) is 0 Å². The summed E-state index contributed by atoms with van der Waals surface area (Å²) in [4.78, 5) is 32.7. The molecular weight excluding hydrogens is 486 g/mol. The molecule has 1 fully saturated rings. The third-order valence-corrected chi connectivity index (χ3v) is 7.08. The lowest BCUT2D eigenvalue weighted by atomic mass is 10.0. The van der Waals surface area contributed by atoms with E-state index in [1.165, 1.54) is 5.69 Å². The van der Waals surface area contributed by atoms with Crippen LogP contribution in [0.5, 0.6) is 0 Å². The molecule has 1 N–H and O–H groups in total. The number of hydrogen-bond donors (Lipinski definition) is 1. The van der Waals surface area contributed by atoms with Crippen LogP contribution in [0.15, 0.2) is 104 Å². The molecule has 5 aromatic rings. The fourth-order valence-electron chi connectivity index (χ4n) is 4.80. The summed E-state index contributed by atoms with van der Waals surface area (Å²) in [5, 5.41) is 2.96. The van der Waals surface area contributed by atoms with Gasteiger partial charge < -0.3 is 15.1 Å². The Labute approximate surface area is 227 Å². The first-order chi connectivity index (χ1) is 19.1. The number of benzene rings is 3. The highest BCUT2D eigenvalue weighted by molar-refractivity contribution is 6.01. The number of piperazine rings is 1. The van der Waals surface area contributed by atoms with Crippen LogP contribution in [0, 0.1) is 0 Å². The summed E-state index contributed by atoms with van der Waals surface area (Å²) in [6.45, 7) is 3.62. The number of nitrogens with zero attached hydrogens (tertiary/aromatic N) is 6. The molecule has 8 nitrogen and oxygen atoms in total. The Balaban J connectivity index is 1.14. The van der Waals surface area contributed by atoms with Gasteiger partial charge in [0.05, 0.1) is 17.2 Å². The summed E-state index contributed by atoms with van der Waals surface area (Å²) in [6, 6.07) is 27.5. The Morgan fingerprint density at radius 3 is 2.23 bits per heavy atom. The Morgan fingerprint density at radius 1 is 0.795 bits per heavy atom. The van der Waals surface area contributed by atoms with E-state index in [1.54, 1.807) is 11.9 Å². The lowest BCUT2D eigenvalue weighted by Gasteiger charge is -2.36. The van der Waals surface area contributed by atoms with Crippen LogP contribution in [-0.4, -0.2) is 54.2 Å². The minimum Gasteiger partial charge on any atom is -0.368 e. The van der Waals surface area contributed by atoms with Crippen molar-refractivity contribution < 1.29 is 4.79 Å². The van der Waals surface area contributed by atoms with E-state index in [0.29, 0.717) is 0 Å². The van der Waals surface area contributed by atoms with E-state index >= 15 is 0 Å². The fraction of sp³-hybridized carbons (Fsp3) is 0.161. The molecule has 0 saturated carbocycles. The number of carbonyl (C=O) groups is 1. The van der Waals surface area contributed by atoms with Crippen LogP contribution in [-0.2, 0) is 0 Å². The maximum absolute atomic E-state index is 12.7. The number of amides is 2. The minimum absolute atomic E-state index is 0.191. The fourth-order valence-corrected chi connectivity index (χ4v) is 4.80. The van der Waals surface area contributed by atoms with Crippen LogP contribution in [0.3, 0.4) is 0 Å². The van der Waals surface area contributed by atoms with Gasteiger partial charge >= 0.3 is 6.03 Å². The molecule has 8 heteroatoms. The lowest BCUT2D eigenvalue weighted by Crippen LogP contribution is -2.46. The predicted molar refractivity (Wildman–Crippen MR) is 158 cm³/mol. The Kier molecular flexibility index (Phi) is 6.74. The van der Waals surface area contributed by atoms with Crippen molar-refractivity contribution in [1.29, 1.82) is 0 Å². The van der Waals surface area contributed by atoms with Crippen LogP contribution in [0.4, 0.5) is 27.7 Å². The number of hydrogen-bond acceptors (Lipinski definition) is 6. The van der Waals surface area contributed by atoms with Gasteiger partial charge in [-0.25, -0.2) is 9.78 Å². The molecule has 39 heavy (non-hydrogen) atoms. The first kappa shape index (κ1) is 24.4. The average molecular weight is 516 g/mol. The third-order valence-electron chi connectivity index (χ3n) is 7.08. The van der Waals surface area contributed by atoms with Crippen molar-refractivity contribution in [3.05, 3.63) is 104 Å². The van der Waals surface area contributed by atoms with Crippen LogP contribution in [0.25, 0.3) is 22.2 Å². The molecule has 6 rings (SSSR count). The molecule has 1 saturated heterocycles. The van der Waals surface area contributed by atoms with Crippen LogP contribution < -0.4 is 20.0 Å². The monoisotopic (exact) mass is 515 g/mol. The third kappa shape index (κ3) is 5.36. The Morgan fingerprint density at radius 2 is 1.49 bits per heavy atom. The smallest absolute Gasteiger partial charge is 0.326 e. The molecule has 0 radical (unpaired) electrons. The summed E-state index contributed by atoms with van der Waals surface area (Å²) in [5.74, 6) is 0.898. The number of carbonyl (C=O) groups excluding carboxylic acids is 1. The normalized spacial score (nSPS) is 13.4. The van der Waals surface area contributed by atoms with Crippen molar-refractivity contribution in [2.45, 2.75) is 0 Å².